The first kappa shape index (κ1) is 12.0. The molecule has 0 amide bonds. The number of hydrogen-bond donors (Lipinski definition) is 1. The molecule has 98 valence electrons. The third-order valence-electron chi connectivity index (χ3n) is 3.46. The van der Waals surface area contributed by atoms with E-state index >= 15 is 0 Å². The zero-order chi connectivity index (χ0) is 13.2. The molecular formula is C15H18N4. The molecule has 1 aromatic carbocycles. The molecule has 0 unspecified atom stereocenters. The number of imidazole rings is 1. The molecule has 4 heteroatoms. The van der Waals surface area contributed by atoms with Crippen molar-refractivity contribution in [1.29, 1.82) is 0 Å². The Morgan fingerprint density at radius 3 is 2.84 bits per heavy atom. The largest absolute Gasteiger partial charge is 0.382 e. The smallest absolute Gasteiger partial charge is 0.150 e. The number of nitrogens with zero attached hydrogens (tertiary/aromatic N) is 3. The van der Waals surface area contributed by atoms with Crippen molar-refractivity contribution >= 4 is 22.4 Å². The maximum atomic E-state index is 6.02. The summed E-state index contributed by atoms with van der Waals surface area (Å²) in [6.45, 7) is 2.21. The van der Waals surface area contributed by atoms with Crippen molar-refractivity contribution in [2.45, 2.75) is 32.6 Å². The van der Waals surface area contributed by atoms with E-state index in [1.165, 1.54) is 12.8 Å². The number of benzene rings is 1. The van der Waals surface area contributed by atoms with E-state index in [1.54, 1.807) is 0 Å². The summed E-state index contributed by atoms with van der Waals surface area (Å²) < 4.78 is 2.15. The lowest BCUT2D eigenvalue weighted by Crippen LogP contribution is -2.01. The number of aromatic nitrogens is 3. The minimum atomic E-state index is 0.549. The van der Waals surface area contributed by atoms with Crippen molar-refractivity contribution < 1.29 is 0 Å². The number of para-hydroxylation sites is 2. The lowest BCUT2D eigenvalue weighted by Gasteiger charge is -2.07. The lowest BCUT2D eigenvalue weighted by atomic mass is 10.2. The second-order valence-corrected chi connectivity index (χ2v) is 4.84. The number of fused-ring (bicyclic) bond motifs is 3. The molecule has 19 heavy (non-hydrogen) atoms. The molecule has 0 fully saturated rings. The third-order valence-corrected chi connectivity index (χ3v) is 3.46. The van der Waals surface area contributed by atoms with Crippen LogP contribution in [0.1, 0.15) is 32.0 Å². The highest BCUT2D eigenvalue weighted by Gasteiger charge is 2.10. The molecular weight excluding hydrogens is 236 g/mol. The van der Waals surface area contributed by atoms with Gasteiger partial charge in [-0.15, -0.1) is 0 Å². The average molecular weight is 254 g/mol. The van der Waals surface area contributed by atoms with Gasteiger partial charge in [0.25, 0.3) is 0 Å². The number of anilines is 1. The second-order valence-electron chi connectivity index (χ2n) is 4.84. The molecule has 0 saturated carbocycles. The monoisotopic (exact) mass is 254 g/mol. The maximum Gasteiger partial charge on any atom is 0.150 e. The van der Waals surface area contributed by atoms with Crippen molar-refractivity contribution in [2.75, 3.05) is 5.73 Å². The SMILES string of the molecule is CCCCCc1ncc2c(N)nc3ccccc3n12. The molecule has 0 aliphatic rings. The molecule has 2 heterocycles. The molecule has 0 atom stereocenters. The molecule has 4 nitrogen and oxygen atoms in total. The standard InChI is InChI=1S/C15H18N4/c1-2-3-4-9-14-17-10-13-15(16)18-11-7-5-6-8-12(11)19(13)14/h5-8,10H,2-4,9H2,1H3,(H2,16,18). The van der Waals surface area contributed by atoms with Crippen molar-refractivity contribution in [2.24, 2.45) is 0 Å². The Hall–Kier alpha value is -2.10. The number of hydrogen-bond acceptors (Lipinski definition) is 3. The summed E-state index contributed by atoms with van der Waals surface area (Å²) in [5.74, 6) is 1.63. The fourth-order valence-corrected chi connectivity index (χ4v) is 2.48. The zero-order valence-electron chi connectivity index (χ0n) is 11.1. The molecule has 2 aromatic heterocycles. The summed E-state index contributed by atoms with van der Waals surface area (Å²) in [7, 11) is 0. The van der Waals surface area contributed by atoms with Gasteiger partial charge in [0.2, 0.25) is 0 Å². The van der Waals surface area contributed by atoms with Crippen LogP contribution in [0.5, 0.6) is 0 Å². The molecule has 2 N–H and O–H groups in total. The van der Waals surface area contributed by atoms with Crippen LogP contribution >= 0.6 is 0 Å². The summed E-state index contributed by atoms with van der Waals surface area (Å²) in [4.78, 5) is 8.95. The quantitative estimate of drug-likeness (QED) is 0.727. The van der Waals surface area contributed by atoms with E-state index in [0.717, 1.165) is 35.2 Å². The summed E-state index contributed by atoms with van der Waals surface area (Å²) in [5, 5.41) is 0. The predicted octanol–water partition coefficient (Wildman–Crippen LogP) is 3.20. The number of aryl methyl sites for hydroxylation is 1. The van der Waals surface area contributed by atoms with Crippen LogP contribution in [-0.4, -0.2) is 14.4 Å². The lowest BCUT2D eigenvalue weighted by molar-refractivity contribution is 0.694. The van der Waals surface area contributed by atoms with Crippen LogP contribution in [0, 0.1) is 0 Å². The molecule has 0 bridgehead atoms. The van der Waals surface area contributed by atoms with Crippen molar-refractivity contribution in [3.05, 3.63) is 36.3 Å². The van der Waals surface area contributed by atoms with E-state index in [0.29, 0.717) is 5.82 Å². The van der Waals surface area contributed by atoms with Gasteiger partial charge in [-0.1, -0.05) is 31.9 Å². The fourth-order valence-electron chi connectivity index (χ4n) is 2.48. The van der Waals surface area contributed by atoms with Crippen LogP contribution < -0.4 is 5.73 Å². The van der Waals surface area contributed by atoms with Gasteiger partial charge in [0.1, 0.15) is 17.2 Å². The summed E-state index contributed by atoms with van der Waals surface area (Å²) >= 11 is 0. The molecule has 3 rings (SSSR count). The first-order valence-corrected chi connectivity index (χ1v) is 6.82. The maximum absolute atomic E-state index is 6.02. The molecule has 3 aromatic rings. The van der Waals surface area contributed by atoms with Crippen molar-refractivity contribution in [1.82, 2.24) is 14.4 Å². The Bertz CT molecular complexity index is 715. The Morgan fingerprint density at radius 1 is 1.16 bits per heavy atom. The van der Waals surface area contributed by atoms with Crippen LogP contribution in [0.25, 0.3) is 16.6 Å². The number of unbranched alkanes of at least 4 members (excludes halogenated alkanes) is 2. The van der Waals surface area contributed by atoms with E-state index in [9.17, 15) is 0 Å². The van der Waals surface area contributed by atoms with Gasteiger partial charge in [-0.05, 0) is 18.6 Å². The van der Waals surface area contributed by atoms with Crippen LogP contribution in [0.15, 0.2) is 30.5 Å². The topological polar surface area (TPSA) is 56.2 Å². The Morgan fingerprint density at radius 2 is 2.00 bits per heavy atom. The Kier molecular flexibility index (Phi) is 3.07. The van der Waals surface area contributed by atoms with Gasteiger partial charge < -0.3 is 5.73 Å². The van der Waals surface area contributed by atoms with E-state index in [4.69, 9.17) is 5.73 Å². The third kappa shape index (κ3) is 2.03. The van der Waals surface area contributed by atoms with Crippen LogP contribution in [0.3, 0.4) is 0 Å². The normalized spacial score (nSPS) is 11.4. The highest BCUT2D eigenvalue weighted by Crippen LogP contribution is 2.22. The summed E-state index contributed by atoms with van der Waals surface area (Å²) in [6, 6.07) is 8.06. The van der Waals surface area contributed by atoms with Crippen molar-refractivity contribution in [3.8, 4) is 0 Å². The van der Waals surface area contributed by atoms with Gasteiger partial charge in [-0.25, -0.2) is 9.97 Å². The van der Waals surface area contributed by atoms with Gasteiger partial charge >= 0.3 is 0 Å². The average Bonchev–Trinajstić information content (AvgIpc) is 2.84. The van der Waals surface area contributed by atoms with Gasteiger partial charge in [0.15, 0.2) is 0 Å². The van der Waals surface area contributed by atoms with Crippen LogP contribution in [0.2, 0.25) is 0 Å². The van der Waals surface area contributed by atoms with Gasteiger partial charge in [0, 0.05) is 6.42 Å². The van der Waals surface area contributed by atoms with E-state index < -0.39 is 0 Å². The first-order chi connectivity index (χ1) is 9.31. The van der Waals surface area contributed by atoms with Gasteiger partial charge in [-0.2, -0.15) is 0 Å². The number of rotatable bonds is 4. The Labute approximate surface area is 112 Å². The molecule has 0 spiro atoms. The molecule has 0 aliphatic heterocycles. The van der Waals surface area contributed by atoms with Crippen LogP contribution in [-0.2, 0) is 6.42 Å². The highest BCUT2D eigenvalue weighted by atomic mass is 15.1. The Balaban J connectivity index is 2.18. The van der Waals surface area contributed by atoms with E-state index in [1.807, 2.05) is 24.4 Å². The summed E-state index contributed by atoms with van der Waals surface area (Å²) in [6.07, 6.45) is 6.42. The van der Waals surface area contributed by atoms with E-state index in [2.05, 4.69) is 27.4 Å². The number of nitrogen functional groups attached to an aromatic ring is 1. The predicted molar refractivity (Wildman–Crippen MR) is 78.1 cm³/mol. The second kappa shape index (κ2) is 4.88. The van der Waals surface area contributed by atoms with Crippen LogP contribution in [0.4, 0.5) is 5.82 Å². The van der Waals surface area contributed by atoms with Crippen molar-refractivity contribution in [3.63, 3.8) is 0 Å². The highest BCUT2D eigenvalue weighted by molar-refractivity contribution is 5.83. The minimum absolute atomic E-state index is 0.549. The molecule has 0 saturated heterocycles. The zero-order valence-corrected chi connectivity index (χ0v) is 11.1. The minimum Gasteiger partial charge on any atom is -0.382 e. The molecule has 0 aliphatic carbocycles. The number of nitrogens with two attached hydrogens (primary N) is 1. The fraction of sp³-hybridized carbons (Fsp3) is 0.333. The van der Waals surface area contributed by atoms with Gasteiger partial charge in [-0.3, -0.25) is 4.40 Å². The summed E-state index contributed by atoms with van der Waals surface area (Å²) in [5.41, 5.74) is 8.92. The van der Waals surface area contributed by atoms with E-state index in [-0.39, 0.29) is 0 Å². The van der Waals surface area contributed by atoms with Gasteiger partial charge in [0.05, 0.1) is 17.2 Å². The first-order valence-electron chi connectivity index (χ1n) is 6.82. The molecule has 0 radical (unpaired) electrons.